The maximum Gasteiger partial charge on any atom is 0.308 e. The molecule has 1 aliphatic heterocycles. The van der Waals surface area contributed by atoms with E-state index < -0.39 is 0 Å². The van der Waals surface area contributed by atoms with E-state index in [-0.39, 0.29) is 11.9 Å². The third-order valence-corrected chi connectivity index (χ3v) is 3.88. The van der Waals surface area contributed by atoms with E-state index in [2.05, 4.69) is 5.32 Å². The van der Waals surface area contributed by atoms with Gasteiger partial charge in [-0.1, -0.05) is 0 Å². The summed E-state index contributed by atoms with van der Waals surface area (Å²) in [7, 11) is 1.47. The molecule has 0 atom stereocenters. The highest BCUT2D eigenvalue weighted by molar-refractivity contribution is 5.72. The number of esters is 1. The first-order valence-corrected chi connectivity index (χ1v) is 6.73. The average molecular weight is 241 g/mol. The van der Waals surface area contributed by atoms with Crippen molar-refractivity contribution in [1.29, 1.82) is 0 Å². The lowest BCUT2D eigenvalue weighted by atomic mass is 9.87. The summed E-state index contributed by atoms with van der Waals surface area (Å²) in [6.07, 6.45) is 6.88. The van der Waals surface area contributed by atoms with Crippen LogP contribution in [0.2, 0.25) is 0 Å². The molecule has 0 amide bonds. The molecule has 0 radical (unpaired) electrons. The van der Waals surface area contributed by atoms with Crippen LogP contribution in [-0.2, 0) is 14.3 Å². The highest BCUT2D eigenvalue weighted by atomic mass is 16.5. The Morgan fingerprint density at radius 2 is 1.59 bits per heavy atom. The molecule has 0 spiro atoms. The topological polar surface area (TPSA) is 47.6 Å². The summed E-state index contributed by atoms with van der Waals surface area (Å²) in [5.74, 6) is 0.0539. The second-order valence-corrected chi connectivity index (χ2v) is 5.08. The predicted molar refractivity (Wildman–Crippen MR) is 64.7 cm³/mol. The molecule has 0 aromatic heterocycles. The number of carbonyl (C=O) groups is 1. The van der Waals surface area contributed by atoms with Crippen LogP contribution in [0.4, 0.5) is 0 Å². The van der Waals surface area contributed by atoms with E-state index in [0.29, 0.717) is 12.2 Å². The Kier molecular flexibility index (Phi) is 4.80. The molecular formula is C13H23NO3. The van der Waals surface area contributed by atoms with Crippen LogP contribution < -0.4 is 5.32 Å². The molecule has 1 heterocycles. The predicted octanol–water partition coefficient (Wildman–Crippen LogP) is 1.49. The van der Waals surface area contributed by atoms with Crippen molar-refractivity contribution in [3.63, 3.8) is 0 Å². The van der Waals surface area contributed by atoms with Gasteiger partial charge in [0.25, 0.3) is 0 Å². The van der Waals surface area contributed by atoms with Gasteiger partial charge in [0.05, 0.1) is 25.2 Å². The Balaban J connectivity index is 1.69. The summed E-state index contributed by atoms with van der Waals surface area (Å²) in [4.78, 5) is 11.4. The third-order valence-electron chi connectivity index (χ3n) is 3.88. The largest absolute Gasteiger partial charge is 0.469 e. The van der Waals surface area contributed by atoms with E-state index >= 15 is 0 Å². The van der Waals surface area contributed by atoms with Crippen molar-refractivity contribution in [1.82, 2.24) is 5.32 Å². The number of hydrogen-bond acceptors (Lipinski definition) is 4. The molecule has 98 valence electrons. The molecule has 2 fully saturated rings. The lowest BCUT2D eigenvalue weighted by molar-refractivity contribution is -0.148. The van der Waals surface area contributed by atoms with E-state index in [1.165, 1.54) is 7.11 Å². The van der Waals surface area contributed by atoms with Gasteiger partial charge in [-0.3, -0.25) is 4.79 Å². The highest BCUT2D eigenvalue weighted by Crippen LogP contribution is 2.28. The first kappa shape index (κ1) is 12.8. The summed E-state index contributed by atoms with van der Waals surface area (Å²) in [6, 6.07) is 0. The monoisotopic (exact) mass is 241 g/mol. The van der Waals surface area contributed by atoms with Gasteiger partial charge in [-0.2, -0.15) is 0 Å². The third kappa shape index (κ3) is 3.68. The Labute approximate surface area is 103 Å². The molecule has 17 heavy (non-hydrogen) atoms. The molecule has 1 saturated carbocycles. The van der Waals surface area contributed by atoms with Crippen LogP contribution in [0, 0.1) is 5.92 Å². The maximum absolute atomic E-state index is 11.4. The molecule has 0 aromatic rings. The van der Waals surface area contributed by atoms with Crippen molar-refractivity contribution in [3.05, 3.63) is 0 Å². The molecule has 1 aliphatic carbocycles. The van der Waals surface area contributed by atoms with Crippen molar-refractivity contribution < 1.29 is 14.3 Å². The summed E-state index contributed by atoms with van der Waals surface area (Å²) < 4.78 is 10.9. The van der Waals surface area contributed by atoms with Crippen LogP contribution in [0.3, 0.4) is 0 Å². The van der Waals surface area contributed by atoms with Crippen molar-refractivity contribution in [2.45, 2.75) is 50.7 Å². The zero-order valence-electron chi connectivity index (χ0n) is 10.6. The van der Waals surface area contributed by atoms with Gasteiger partial charge in [-0.25, -0.2) is 0 Å². The van der Waals surface area contributed by atoms with Crippen LogP contribution in [0.15, 0.2) is 0 Å². The van der Waals surface area contributed by atoms with Crippen molar-refractivity contribution in [3.8, 4) is 0 Å². The summed E-state index contributed by atoms with van der Waals surface area (Å²) in [6.45, 7) is 2.14. The van der Waals surface area contributed by atoms with E-state index in [1.54, 1.807) is 0 Å². The van der Waals surface area contributed by atoms with Gasteiger partial charge in [0.2, 0.25) is 0 Å². The van der Waals surface area contributed by atoms with E-state index in [1.807, 2.05) is 0 Å². The standard InChI is InChI=1S/C13H23NO3/c1-16-13(15)10-2-4-11(5-3-10)17-12-6-8-14-9-7-12/h10-12,14H,2-9H2,1H3. The molecule has 1 N–H and O–H groups in total. The first-order chi connectivity index (χ1) is 8.29. The summed E-state index contributed by atoms with van der Waals surface area (Å²) in [5.41, 5.74) is 0. The fraction of sp³-hybridized carbons (Fsp3) is 0.923. The van der Waals surface area contributed by atoms with Crippen LogP contribution in [0.5, 0.6) is 0 Å². The highest BCUT2D eigenvalue weighted by Gasteiger charge is 2.28. The zero-order valence-corrected chi connectivity index (χ0v) is 10.6. The molecule has 2 aliphatic rings. The lowest BCUT2D eigenvalue weighted by Crippen LogP contribution is -2.36. The van der Waals surface area contributed by atoms with Crippen LogP contribution in [0.25, 0.3) is 0 Å². The number of rotatable bonds is 3. The molecule has 0 bridgehead atoms. The SMILES string of the molecule is COC(=O)C1CCC(OC2CCNCC2)CC1. The molecule has 4 heteroatoms. The van der Waals surface area contributed by atoms with Gasteiger partial charge in [0.1, 0.15) is 0 Å². The number of nitrogens with one attached hydrogen (secondary N) is 1. The van der Waals surface area contributed by atoms with Crippen LogP contribution in [0.1, 0.15) is 38.5 Å². The Morgan fingerprint density at radius 3 is 2.18 bits per heavy atom. The second-order valence-electron chi connectivity index (χ2n) is 5.08. The van der Waals surface area contributed by atoms with Crippen LogP contribution >= 0.6 is 0 Å². The lowest BCUT2D eigenvalue weighted by Gasteiger charge is -2.32. The number of carbonyl (C=O) groups excluding carboxylic acids is 1. The number of methoxy groups -OCH3 is 1. The molecular weight excluding hydrogens is 218 g/mol. The van der Waals surface area contributed by atoms with Crippen molar-refractivity contribution >= 4 is 5.97 Å². The quantitative estimate of drug-likeness (QED) is 0.760. The Hall–Kier alpha value is -0.610. The van der Waals surface area contributed by atoms with Gasteiger partial charge in [-0.15, -0.1) is 0 Å². The average Bonchev–Trinajstić information content (AvgIpc) is 2.40. The molecule has 1 saturated heterocycles. The summed E-state index contributed by atoms with van der Waals surface area (Å²) >= 11 is 0. The minimum absolute atomic E-state index is 0.0506. The van der Waals surface area contributed by atoms with E-state index in [0.717, 1.165) is 51.6 Å². The maximum atomic E-state index is 11.4. The van der Waals surface area contributed by atoms with Crippen molar-refractivity contribution in [2.24, 2.45) is 5.92 Å². The van der Waals surface area contributed by atoms with Crippen molar-refractivity contribution in [2.75, 3.05) is 20.2 Å². The van der Waals surface area contributed by atoms with E-state index in [9.17, 15) is 4.79 Å². The smallest absolute Gasteiger partial charge is 0.308 e. The normalized spacial score (nSPS) is 31.1. The van der Waals surface area contributed by atoms with Gasteiger partial charge >= 0.3 is 5.97 Å². The summed E-state index contributed by atoms with van der Waals surface area (Å²) in [5, 5.41) is 3.34. The number of ether oxygens (including phenoxy) is 2. The van der Waals surface area contributed by atoms with Gasteiger partial charge in [0.15, 0.2) is 0 Å². The fourth-order valence-corrected chi connectivity index (χ4v) is 2.80. The molecule has 0 unspecified atom stereocenters. The minimum atomic E-state index is -0.0506. The Bertz CT molecular complexity index is 243. The van der Waals surface area contributed by atoms with E-state index in [4.69, 9.17) is 9.47 Å². The number of hydrogen-bond donors (Lipinski definition) is 1. The molecule has 0 aromatic carbocycles. The number of piperidine rings is 1. The minimum Gasteiger partial charge on any atom is -0.469 e. The molecule has 4 nitrogen and oxygen atoms in total. The Morgan fingerprint density at radius 1 is 1.00 bits per heavy atom. The second kappa shape index (κ2) is 6.36. The van der Waals surface area contributed by atoms with Gasteiger partial charge < -0.3 is 14.8 Å². The van der Waals surface area contributed by atoms with Gasteiger partial charge in [0, 0.05) is 0 Å². The fourth-order valence-electron chi connectivity index (χ4n) is 2.80. The van der Waals surface area contributed by atoms with Crippen LogP contribution in [-0.4, -0.2) is 38.4 Å². The zero-order chi connectivity index (χ0) is 12.1. The van der Waals surface area contributed by atoms with Gasteiger partial charge in [-0.05, 0) is 51.6 Å². The first-order valence-electron chi connectivity index (χ1n) is 6.73. The molecule has 2 rings (SSSR count).